The zero-order valence-corrected chi connectivity index (χ0v) is 32.9. The third-order valence-electron chi connectivity index (χ3n) is 14.3. The van der Waals surface area contributed by atoms with Gasteiger partial charge in [-0.05, 0) is 194 Å². The molecule has 0 saturated heterocycles. The Morgan fingerprint density at radius 3 is 0.979 bits per heavy atom. The van der Waals surface area contributed by atoms with Gasteiger partial charge in [0.1, 0.15) is 0 Å². The zero-order chi connectivity index (χ0) is 32.5. The molecule has 0 amide bonds. The molecule has 6 aliphatic rings. The highest BCUT2D eigenvalue weighted by Gasteiger charge is 2.40. The van der Waals surface area contributed by atoms with E-state index in [2.05, 4.69) is 26.0 Å². The molecular weight excluding hydrogens is 614 g/mol. The molecule has 0 spiro atoms. The minimum Gasteiger partial charge on any atom is -0.0680 e. The van der Waals surface area contributed by atoms with Crippen LogP contribution in [0, 0.1) is 13.8 Å². The highest BCUT2D eigenvalue weighted by molar-refractivity contribution is 7.68. The number of aryl methyl sites for hydroxylation is 4. The fourth-order valence-electron chi connectivity index (χ4n) is 12.1. The van der Waals surface area contributed by atoms with Gasteiger partial charge in [0, 0.05) is 0 Å². The SMILES string of the molecule is Cc1cc2c(c(-c3c4c(cc(C)c3P(C3CCCCC3)C3CCCCC3)CCCC4)c1P(C1CCCCC1)C1CCCCC1)CCCC2. The molecule has 0 N–H and O–H groups in total. The minimum atomic E-state index is -0.149. The fraction of sp³-hybridized carbons (Fsp3) is 0.739. The molecule has 2 aromatic rings. The predicted molar refractivity (Wildman–Crippen MR) is 215 cm³/mol. The lowest BCUT2D eigenvalue weighted by molar-refractivity contribution is 0.487. The number of hydrogen-bond acceptors (Lipinski definition) is 0. The predicted octanol–water partition coefficient (Wildman–Crippen LogP) is 13.3. The van der Waals surface area contributed by atoms with Crippen molar-refractivity contribution < 1.29 is 0 Å². The van der Waals surface area contributed by atoms with E-state index >= 15 is 0 Å². The molecule has 0 radical (unpaired) electrons. The minimum absolute atomic E-state index is 0.149. The Morgan fingerprint density at radius 1 is 0.375 bits per heavy atom. The largest absolute Gasteiger partial charge is 0.0680 e. The van der Waals surface area contributed by atoms with Crippen molar-refractivity contribution in [2.75, 3.05) is 0 Å². The van der Waals surface area contributed by atoms with Crippen LogP contribution in [0.5, 0.6) is 0 Å². The van der Waals surface area contributed by atoms with Gasteiger partial charge in [-0.2, -0.15) is 0 Å². The molecule has 48 heavy (non-hydrogen) atoms. The standard InChI is InChI=1S/C46H68P2/c1-33-31-35-19-15-17-29-41(35)43(45(33)47(37-21-7-3-8-22-37)38-23-9-4-10-24-38)44-42-30-18-16-20-36(42)32-34(2)46(44)48(39-25-11-5-12-26-39)40-27-13-6-14-28-40/h31-32,37-40H,3-30H2,1-2H3. The molecule has 0 unspecified atom stereocenters. The average molecular weight is 683 g/mol. The van der Waals surface area contributed by atoms with Gasteiger partial charge in [0.05, 0.1) is 0 Å². The van der Waals surface area contributed by atoms with E-state index in [-0.39, 0.29) is 15.8 Å². The van der Waals surface area contributed by atoms with Crippen LogP contribution in [0.2, 0.25) is 0 Å². The number of rotatable bonds is 7. The topological polar surface area (TPSA) is 0 Å². The first-order chi connectivity index (χ1) is 23.7. The van der Waals surface area contributed by atoms with Crippen LogP contribution < -0.4 is 10.6 Å². The second kappa shape index (κ2) is 15.9. The summed E-state index contributed by atoms with van der Waals surface area (Å²) in [6.07, 6.45) is 41.1. The van der Waals surface area contributed by atoms with E-state index in [9.17, 15) is 0 Å². The Labute approximate surface area is 298 Å². The highest BCUT2D eigenvalue weighted by Crippen LogP contribution is 2.61. The maximum absolute atomic E-state index is 2.79. The third-order valence-corrected chi connectivity index (χ3v) is 21.7. The van der Waals surface area contributed by atoms with Crippen molar-refractivity contribution >= 4 is 26.5 Å². The molecule has 0 aliphatic heterocycles. The van der Waals surface area contributed by atoms with Crippen molar-refractivity contribution in [3.63, 3.8) is 0 Å². The van der Waals surface area contributed by atoms with Gasteiger partial charge in [-0.3, -0.25) is 0 Å². The lowest BCUT2D eigenvalue weighted by atomic mass is 9.79. The maximum Gasteiger partial charge on any atom is -0.00599 e. The summed E-state index contributed by atoms with van der Waals surface area (Å²) in [6, 6.07) is 5.59. The summed E-state index contributed by atoms with van der Waals surface area (Å²) >= 11 is 0. The summed E-state index contributed by atoms with van der Waals surface area (Å²) < 4.78 is 0. The molecule has 262 valence electrons. The zero-order valence-electron chi connectivity index (χ0n) is 31.2. The van der Waals surface area contributed by atoms with E-state index in [1.165, 1.54) is 180 Å². The molecule has 2 heteroatoms. The smallest absolute Gasteiger partial charge is 0.00599 e. The lowest BCUT2D eigenvalue weighted by Crippen LogP contribution is -2.33. The van der Waals surface area contributed by atoms with E-state index in [1.807, 2.05) is 32.9 Å². The molecule has 4 fully saturated rings. The van der Waals surface area contributed by atoms with E-state index in [0.29, 0.717) is 0 Å². The lowest BCUT2D eigenvalue weighted by Gasteiger charge is -2.44. The van der Waals surface area contributed by atoms with Crippen LogP contribution in [0.4, 0.5) is 0 Å². The Morgan fingerprint density at radius 2 is 0.667 bits per heavy atom. The van der Waals surface area contributed by atoms with Gasteiger partial charge in [-0.15, -0.1) is 0 Å². The van der Waals surface area contributed by atoms with Gasteiger partial charge < -0.3 is 0 Å². The second-order valence-corrected chi connectivity index (χ2v) is 23.0. The summed E-state index contributed by atoms with van der Waals surface area (Å²) in [7, 11) is -0.298. The Kier molecular flexibility index (Phi) is 11.4. The molecular formula is C46H68P2. The van der Waals surface area contributed by atoms with Crippen LogP contribution in [-0.2, 0) is 25.7 Å². The Balaban J connectivity index is 1.42. The summed E-state index contributed by atoms with van der Waals surface area (Å²) in [5.41, 5.74) is 18.5. The molecule has 0 bridgehead atoms. The van der Waals surface area contributed by atoms with Crippen molar-refractivity contribution in [3.8, 4) is 11.1 Å². The van der Waals surface area contributed by atoms with E-state index < -0.39 is 0 Å². The fourth-order valence-corrected chi connectivity index (χ4v) is 20.3. The summed E-state index contributed by atoms with van der Waals surface area (Å²) in [6.45, 7) is 5.25. The molecule has 0 heterocycles. The van der Waals surface area contributed by atoms with Gasteiger partial charge in [-0.25, -0.2) is 0 Å². The molecule has 4 saturated carbocycles. The van der Waals surface area contributed by atoms with Crippen LogP contribution in [0.1, 0.15) is 187 Å². The normalized spacial score (nSPS) is 23.8. The van der Waals surface area contributed by atoms with Crippen LogP contribution in [-0.4, -0.2) is 22.6 Å². The molecule has 6 aliphatic carbocycles. The van der Waals surface area contributed by atoms with Gasteiger partial charge >= 0.3 is 0 Å². The van der Waals surface area contributed by atoms with Gasteiger partial charge in [0.2, 0.25) is 0 Å². The van der Waals surface area contributed by atoms with Gasteiger partial charge in [-0.1, -0.05) is 105 Å². The Bertz CT molecular complexity index is 1250. The Hall–Kier alpha value is -0.700. The summed E-state index contributed by atoms with van der Waals surface area (Å²) in [4.78, 5) is 0. The molecule has 0 aromatic heterocycles. The first kappa shape index (κ1) is 34.4. The number of hydrogen-bond donors (Lipinski definition) is 0. The second-order valence-electron chi connectivity index (χ2n) is 17.5. The first-order valence-electron chi connectivity index (χ1n) is 21.6. The number of benzene rings is 2. The van der Waals surface area contributed by atoms with Gasteiger partial charge in [0.15, 0.2) is 0 Å². The quantitative estimate of drug-likeness (QED) is 0.255. The third kappa shape index (κ3) is 6.93. The summed E-state index contributed by atoms with van der Waals surface area (Å²) in [5.74, 6) is 0. The van der Waals surface area contributed by atoms with E-state index in [1.54, 1.807) is 22.3 Å². The summed E-state index contributed by atoms with van der Waals surface area (Å²) in [5, 5.41) is 3.98. The number of fused-ring (bicyclic) bond motifs is 2. The van der Waals surface area contributed by atoms with Crippen molar-refractivity contribution in [2.45, 2.75) is 216 Å². The molecule has 0 atom stereocenters. The van der Waals surface area contributed by atoms with Gasteiger partial charge in [0.25, 0.3) is 0 Å². The monoisotopic (exact) mass is 682 g/mol. The molecule has 2 aromatic carbocycles. The van der Waals surface area contributed by atoms with Crippen molar-refractivity contribution in [2.24, 2.45) is 0 Å². The highest BCUT2D eigenvalue weighted by atomic mass is 31.1. The molecule has 0 nitrogen and oxygen atoms in total. The van der Waals surface area contributed by atoms with Crippen LogP contribution in [0.25, 0.3) is 11.1 Å². The maximum atomic E-state index is 2.79. The van der Waals surface area contributed by atoms with Crippen LogP contribution in [0.15, 0.2) is 12.1 Å². The van der Waals surface area contributed by atoms with Crippen molar-refractivity contribution in [1.29, 1.82) is 0 Å². The first-order valence-corrected chi connectivity index (χ1v) is 24.5. The average Bonchev–Trinajstić information content (AvgIpc) is 3.14. The van der Waals surface area contributed by atoms with Crippen molar-refractivity contribution in [3.05, 3.63) is 45.5 Å². The van der Waals surface area contributed by atoms with E-state index in [4.69, 9.17) is 0 Å². The van der Waals surface area contributed by atoms with E-state index in [0.717, 1.165) is 22.6 Å². The van der Waals surface area contributed by atoms with Crippen molar-refractivity contribution in [1.82, 2.24) is 0 Å². The van der Waals surface area contributed by atoms with Crippen LogP contribution >= 0.6 is 15.8 Å². The molecule has 8 rings (SSSR count). The van der Waals surface area contributed by atoms with Crippen LogP contribution in [0.3, 0.4) is 0 Å².